The summed E-state index contributed by atoms with van der Waals surface area (Å²) in [5.41, 5.74) is 28.2. The van der Waals surface area contributed by atoms with E-state index in [1.54, 1.807) is 0 Å². The van der Waals surface area contributed by atoms with E-state index in [2.05, 4.69) is 361 Å². The Bertz CT molecular complexity index is 4790. The lowest BCUT2D eigenvalue weighted by Crippen LogP contribution is -2.64. The quantitative estimate of drug-likeness (QED) is 0.126. The highest BCUT2D eigenvalue weighted by Crippen LogP contribution is 2.52. The van der Waals surface area contributed by atoms with Crippen molar-refractivity contribution < 1.29 is 0 Å². The van der Waals surface area contributed by atoms with E-state index in [0.717, 1.165) is 68.1 Å². The molecule has 0 aliphatic carbocycles. The second kappa shape index (κ2) is 22.4. The molecule has 0 N–H and O–H groups in total. The number of hydrogen-bond donors (Lipinski definition) is 0. The summed E-state index contributed by atoms with van der Waals surface area (Å²) in [6.45, 7) is 6.66. The Morgan fingerprint density at radius 1 is 0.297 bits per heavy atom. The van der Waals surface area contributed by atoms with Gasteiger partial charge in [0.15, 0.2) is 0 Å². The number of rotatable bonds is 10. The fraction of sp³-hybridized carbons (Fsp3) is 0.0602. The molecule has 13 aromatic carbocycles. The van der Waals surface area contributed by atoms with Crippen LogP contribution in [0.4, 0.5) is 85.3 Å². The molecule has 5 nitrogen and oxygen atoms in total. The monoisotopic (exact) mass is 1190 g/mol. The minimum atomic E-state index is -0.143. The molecule has 0 atom stereocenters. The molecule has 0 bridgehead atoms. The Morgan fingerprint density at radius 2 is 0.692 bits per heavy atom. The Hall–Kier alpha value is -10.7. The van der Waals surface area contributed by atoms with Crippen LogP contribution >= 0.6 is 11.8 Å². The van der Waals surface area contributed by atoms with Crippen LogP contribution in [0.5, 0.6) is 0 Å². The predicted molar refractivity (Wildman–Crippen MR) is 391 cm³/mol. The van der Waals surface area contributed by atoms with Crippen LogP contribution in [0.3, 0.4) is 0 Å². The second-order valence-corrected chi connectivity index (χ2v) is 25.9. The number of hydrogen-bond acceptors (Lipinski definition) is 6. The van der Waals surface area contributed by atoms with Gasteiger partial charge in [0.2, 0.25) is 6.71 Å². The maximum Gasteiger partial charge on any atom is 0.252 e. The third-order valence-corrected chi connectivity index (χ3v) is 19.7. The topological polar surface area (TPSA) is 16.2 Å². The van der Waals surface area contributed by atoms with Crippen LogP contribution in [0.25, 0.3) is 11.1 Å². The summed E-state index contributed by atoms with van der Waals surface area (Å²) < 4.78 is 0. The van der Waals surface area contributed by atoms with Crippen molar-refractivity contribution in [2.75, 3.05) is 24.5 Å². The molecule has 0 aromatic heterocycles. The molecular formula is C83H65B2N5S. The number of fused-ring (bicyclic) bond motifs is 8. The lowest BCUT2D eigenvalue weighted by Gasteiger charge is -2.46. The van der Waals surface area contributed by atoms with Gasteiger partial charge < -0.3 is 24.5 Å². The summed E-state index contributed by atoms with van der Waals surface area (Å²) in [5, 5.41) is 0. The van der Waals surface area contributed by atoms with E-state index in [0.29, 0.717) is 0 Å². The highest BCUT2D eigenvalue weighted by atomic mass is 32.2. The van der Waals surface area contributed by atoms with Crippen LogP contribution in [0.1, 0.15) is 33.8 Å². The lowest BCUT2D eigenvalue weighted by molar-refractivity contribution is 0.590. The molecule has 0 fully saturated rings. The molecular weight excluding hydrogens is 1120 g/mol. The number of nitrogens with zero attached hydrogens (tertiary/aromatic N) is 5. The van der Waals surface area contributed by atoms with Crippen molar-refractivity contribution in [2.45, 2.75) is 43.4 Å². The van der Waals surface area contributed by atoms with Crippen molar-refractivity contribution >= 4 is 143 Å². The number of benzene rings is 13. The van der Waals surface area contributed by atoms with E-state index < -0.39 is 0 Å². The van der Waals surface area contributed by atoms with Crippen molar-refractivity contribution in [1.82, 2.24) is 0 Å². The smallest absolute Gasteiger partial charge is 0.252 e. The second-order valence-electron chi connectivity index (χ2n) is 24.8. The summed E-state index contributed by atoms with van der Waals surface area (Å²) in [5.74, 6) is 0. The predicted octanol–water partition coefficient (Wildman–Crippen LogP) is 19.1. The first-order valence-corrected chi connectivity index (χ1v) is 32.0. The zero-order valence-electron chi connectivity index (χ0n) is 50.3. The fourth-order valence-electron chi connectivity index (χ4n) is 14.6. The van der Waals surface area contributed by atoms with E-state index in [4.69, 9.17) is 0 Å². The number of anilines is 15. The Morgan fingerprint density at radius 3 is 1.18 bits per heavy atom. The molecule has 4 heterocycles. The van der Waals surface area contributed by atoms with Crippen molar-refractivity contribution in [3.8, 4) is 11.1 Å². The maximum atomic E-state index is 2.65. The third kappa shape index (κ3) is 9.26. The van der Waals surface area contributed by atoms with Gasteiger partial charge >= 0.3 is 0 Å². The van der Waals surface area contributed by atoms with Gasteiger partial charge in [-0.05, 0) is 165 Å². The molecule has 0 spiro atoms. The van der Waals surface area contributed by atoms with E-state index in [9.17, 15) is 0 Å². The van der Waals surface area contributed by atoms with Crippen LogP contribution < -0.4 is 57.3 Å². The summed E-state index contributed by atoms with van der Waals surface area (Å²) in [6.07, 6.45) is 0. The summed E-state index contributed by atoms with van der Waals surface area (Å²) in [6, 6.07) is 117. The third-order valence-electron chi connectivity index (χ3n) is 18.6. The van der Waals surface area contributed by atoms with E-state index in [1.165, 1.54) is 76.4 Å². The molecule has 0 radical (unpaired) electrons. The normalized spacial score (nSPS) is 13.0. The molecule has 13 aromatic rings. The average Bonchev–Trinajstić information content (AvgIpc) is 0.696. The van der Waals surface area contributed by atoms with Crippen LogP contribution in [0.2, 0.25) is 0 Å². The maximum absolute atomic E-state index is 2.65. The summed E-state index contributed by atoms with van der Waals surface area (Å²) >= 11 is 1.91. The molecule has 0 saturated carbocycles. The molecule has 4 aliphatic rings. The van der Waals surface area contributed by atoms with Crippen molar-refractivity contribution in [3.63, 3.8) is 0 Å². The lowest BCUT2D eigenvalue weighted by atomic mass is 9.31. The molecule has 0 saturated heterocycles. The average molecular weight is 1190 g/mol. The zero-order valence-corrected chi connectivity index (χ0v) is 51.1. The Balaban J connectivity index is 0.00000661. The van der Waals surface area contributed by atoms with Gasteiger partial charge in [-0.15, -0.1) is 0 Å². The summed E-state index contributed by atoms with van der Waals surface area (Å²) in [4.78, 5) is 15.0. The van der Waals surface area contributed by atoms with Crippen LogP contribution in [-0.2, 0) is 5.41 Å². The van der Waals surface area contributed by atoms with Crippen LogP contribution in [0.15, 0.2) is 325 Å². The first kappa shape index (κ1) is 55.6. The van der Waals surface area contributed by atoms with Crippen molar-refractivity contribution in [3.05, 3.63) is 321 Å². The molecule has 8 heteroatoms. The van der Waals surface area contributed by atoms with Gasteiger partial charge in [0, 0.05) is 89.3 Å². The summed E-state index contributed by atoms with van der Waals surface area (Å²) in [7, 11) is 0. The van der Waals surface area contributed by atoms with Gasteiger partial charge in [0.05, 0.1) is 11.4 Å². The van der Waals surface area contributed by atoms with Gasteiger partial charge in [0.1, 0.15) is 0 Å². The first-order chi connectivity index (χ1) is 44.3. The molecule has 0 unspecified atom stereocenters. The van der Waals surface area contributed by atoms with E-state index in [1.807, 2.05) is 11.8 Å². The minimum Gasteiger partial charge on any atom is -0.311 e. The Labute approximate surface area is 539 Å². The minimum absolute atomic E-state index is 0. The Kier molecular flexibility index (Phi) is 13.7. The van der Waals surface area contributed by atoms with E-state index in [-0.39, 0.29) is 26.3 Å². The molecule has 4 aliphatic heterocycles. The standard InChI is InChI=1S/C82H61B2N5S.CH4/c1-82(2,3)57-48-46-56(47-49-57)66-40-22-25-43-71(66)89-74-55-78-70(84-68-42-24-27-45-73(68)88(63-38-20-9-21-39-63)77-52-65(53-79(90-78)81(77)84)86(60-32-14-6-15-33-60)61-34-16-7-17-35-61)54-69(74)83-67-41-23-26-44-72(67)87(62-36-18-8-19-37-62)75-50-64(51-76(89)80(75)83)85(58-28-10-4-11-29-58)59-30-12-5-13-31-59;/h4-55H,1-3H3;1H4. The number of para-hydroxylation sites is 9. The zero-order chi connectivity index (χ0) is 60.0. The van der Waals surface area contributed by atoms with Crippen LogP contribution in [0, 0.1) is 0 Å². The molecule has 91 heavy (non-hydrogen) atoms. The highest BCUT2D eigenvalue weighted by Gasteiger charge is 2.48. The SMILES string of the molecule is C.CC(C)(C)c1ccc(-c2ccccc2N2c3cc4c(cc3B3c5ccccc5N(c5ccccc5)c5cc(N(c6ccccc6)c6ccccc6)cc2c53)B2c3ccccc3N(c3ccccc3)c3cc(N(c5ccccc5)c5ccccc5)cc(c32)S4)cc1. The fourth-order valence-corrected chi connectivity index (χ4v) is 15.8. The van der Waals surface area contributed by atoms with Crippen LogP contribution in [-0.4, -0.2) is 13.4 Å². The van der Waals surface area contributed by atoms with Gasteiger partial charge in [-0.3, -0.25) is 0 Å². The van der Waals surface area contributed by atoms with Crippen molar-refractivity contribution in [1.29, 1.82) is 0 Å². The largest absolute Gasteiger partial charge is 0.311 e. The van der Waals surface area contributed by atoms with Gasteiger partial charge in [-0.25, -0.2) is 0 Å². The van der Waals surface area contributed by atoms with Crippen molar-refractivity contribution in [2.24, 2.45) is 0 Å². The highest BCUT2D eigenvalue weighted by molar-refractivity contribution is 8.00. The van der Waals surface area contributed by atoms with E-state index >= 15 is 0 Å². The van der Waals surface area contributed by atoms with Gasteiger partial charge in [0.25, 0.3) is 6.71 Å². The molecule has 17 rings (SSSR count). The molecule has 0 amide bonds. The first-order valence-electron chi connectivity index (χ1n) is 31.2. The van der Waals surface area contributed by atoms with Gasteiger partial charge in [-0.2, -0.15) is 0 Å². The van der Waals surface area contributed by atoms with Gasteiger partial charge in [-0.1, -0.05) is 240 Å². The molecule has 434 valence electrons.